The van der Waals surface area contributed by atoms with Crippen LogP contribution in [0.2, 0.25) is 0 Å². The Morgan fingerprint density at radius 1 is 1.43 bits per heavy atom. The van der Waals surface area contributed by atoms with Crippen molar-refractivity contribution in [2.75, 3.05) is 13.6 Å². The topological polar surface area (TPSA) is 81.1 Å². The minimum Gasteiger partial charge on any atom is -0.480 e. The molecule has 0 aromatic heterocycles. The number of carboxylic acids is 1. The number of rotatable bonds is 3. The fraction of sp³-hybridized carbons (Fsp3) is 0.429. The summed E-state index contributed by atoms with van der Waals surface area (Å²) < 4.78 is 0.890. The van der Waals surface area contributed by atoms with Gasteiger partial charge in [-0.15, -0.1) is 0 Å². The first-order chi connectivity index (χ1) is 9.90. The molecule has 0 spiro atoms. The van der Waals surface area contributed by atoms with E-state index >= 15 is 0 Å². The monoisotopic (exact) mass is 356 g/mol. The second kappa shape index (κ2) is 6.44. The molecule has 1 heterocycles. The van der Waals surface area contributed by atoms with Crippen LogP contribution in [0.3, 0.4) is 0 Å². The Kier molecular flexibility index (Phi) is 4.84. The van der Waals surface area contributed by atoms with Crippen LogP contribution in [0.1, 0.15) is 12.0 Å². The molecular weight excluding hydrogens is 340 g/mol. The number of nitrogens with zero attached hydrogens (tertiary/aromatic N) is 2. The van der Waals surface area contributed by atoms with Crippen molar-refractivity contribution in [3.63, 3.8) is 0 Å². The van der Waals surface area contributed by atoms with Crippen LogP contribution in [0, 0.1) is 0 Å². The Morgan fingerprint density at radius 3 is 2.71 bits per heavy atom. The maximum Gasteiger partial charge on any atom is 0.326 e. The minimum atomic E-state index is -1.09. The molecule has 114 valence electrons. The van der Waals surface area contributed by atoms with Gasteiger partial charge in [0.15, 0.2) is 0 Å². The molecule has 1 saturated heterocycles. The first-order valence-corrected chi connectivity index (χ1v) is 7.35. The van der Waals surface area contributed by atoms with Crippen LogP contribution in [0.15, 0.2) is 28.7 Å². The van der Waals surface area contributed by atoms with Crippen LogP contribution in [0.4, 0.5) is 4.79 Å². The van der Waals surface area contributed by atoms with E-state index < -0.39 is 24.1 Å². The largest absolute Gasteiger partial charge is 0.480 e. The van der Waals surface area contributed by atoms with Gasteiger partial charge in [0.1, 0.15) is 6.04 Å². The average Bonchev–Trinajstić information content (AvgIpc) is 2.82. The van der Waals surface area contributed by atoms with Crippen molar-refractivity contribution in [1.82, 2.24) is 9.80 Å². The number of amides is 2. The number of hydrogen-bond acceptors (Lipinski definition) is 3. The molecule has 1 aromatic rings. The molecule has 0 bridgehead atoms. The molecule has 7 heteroatoms. The first-order valence-electron chi connectivity index (χ1n) is 6.56. The summed E-state index contributed by atoms with van der Waals surface area (Å²) in [5, 5.41) is 18.7. The highest BCUT2D eigenvalue weighted by Crippen LogP contribution is 2.22. The molecule has 1 fully saturated rings. The summed E-state index contributed by atoms with van der Waals surface area (Å²) >= 11 is 3.42. The predicted octanol–water partition coefficient (Wildman–Crippen LogP) is 1.52. The molecule has 2 N–H and O–H groups in total. The van der Waals surface area contributed by atoms with Gasteiger partial charge in [0.2, 0.25) is 0 Å². The standard InChI is InChI=1S/C14H17BrN2O4/c1-16(7-9-4-2-3-5-11(9)15)14(21)17-8-10(18)6-12(17)13(19)20/h2-5,10,12,18H,6-8H2,1H3,(H,19,20)/t10-,12-/m1/s1. The van der Waals surface area contributed by atoms with E-state index in [0.29, 0.717) is 6.54 Å². The van der Waals surface area contributed by atoms with Crippen LogP contribution in [-0.4, -0.2) is 57.8 Å². The molecule has 1 aromatic carbocycles. The lowest BCUT2D eigenvalue weighted by molar-refractivity contribution is -0.141. The first kappa shape index (κ1) is 15.8. The van der Waals surface area contributed by atoms with E-state index in [0.717, 1.165) is 10.0 Å². The Bertz CT molecular complexity index is 552. The number of aliphatic hydroxyl groups is 1. The number of hydrogen-bond donors (Lipinski definition) is 2. The van der Waals surface area contributed by atoms with Gasteiger partial charge in [-0.3, -0.25) is 0 Å². The van der Waals surface area contributed by atoms with Gasteiger partial charge in [-0.05, 0) is 11.6 Å². The van der Waals surface area contributed by atoms with Crippen molar-refractivity contribution in [2.45, 2.75) is 25.1 Å². The summed E-state index contributed by atoms with van der Waals surface area (Å²) in [6.07, 6.45) is -0.712. The lowest BCUT2D eigenvalue weighted by Gasteiger charge is -2.27. The Hall–Kier alpha value is -1.60. The van der Waals surface area contributed by atoms with Crippen molar-refractivity contribution >= 4 is 27.9 Å². The third-order valence-corrected chi connectivity index (χ3v) is 4.28. The van der Waals surface area contributed by atoms with Gasteiger partial charge in [0.05, 0.1) is 6.10 Å². The molecule has 0 saturated carbocycles. The number of carbonyl (C=O) groups excluding carboxylic acids is 1. The van der Waals surface area contributed by atoms with E-state index in [9.17, 15) is 14.7 Å². The van der Waals surface area contributed by atoms with Crippen LogP contribution >= 0.6 is 15.9 Å². The van der Waals surface area contributed by atoms with Crippen molar-refractivity contribution in [3.05, 3.63) is 34.3 Å². The number of β-amino-alcohol motifs (C(OH)–C–C–N with tert-alkyl or cyclic N) is 1. The zero-order valence-electron chi connectivity index (χ0n) is 11.6. The Labute approximate surface area is 131 Å². The van der Waals surface area contributed by atoms with Gasteiger partial charge in [-0.2, -0.15) is 0 Å². The summed E-state index contributed by atoms with van der Waals surface area (Å²) in [5.74, 6) is -1.09. The third-order valence-electron chi connectivity index (χ3n) is 3.50. The smallest absolute Gasteiger partial charge is 0.326 e. The highest BCUT2D eigenvalue weighted by atomic mass is 79.9. The van der Waals surface area contributed by atoms with Gasteiger partial charge in [0.25, 0.3) is 0 Å². The normalized spacial score (nSPS) is 21.4. The molecule has 1 aliphatic rings. The van der Waals surface area contributed by atoms with E-state index in [1.165, 1.54) is 9.80 Å². The quantitative estimate of drug-likeness (QED) is 0.860. The highest BCUT2D eigenvalue weighted by Gasteiger charge is 2.40. The number of urea groups is 1. The van der Waals surface area contributed by atoms with Crippen molar-refractivity contribution < 1.29 is 19.8 Å². The summed E-state index contributed by atoms with van der Waals surface area (Å²) in [4.78, 5) is 26.2. The maximum atomic E-state index is 12.4. The highest BCUT2D eigenvalue weighted by molar-refractivity contribution is 9.10. The number of aliphatic carboxylic acids is 1. The maximum absolute atomic E-state index is 12.4. The Morgan fingerprint density at radius 2 is 2.10 bits per heavy atom. The number of likely N-dealkylation sites (tertiary alicyclic amines) is 1. The number of carboxylic acid groups (broad SMARTS) is 1. The fourth-order valence-corrected chi connectivity index (χ4v) is 2.84. The van der Waals surface area contributed by atoms with Crippen LogP contribution in [0.25, 0.3) is 0 Å². The fourth-order valence-electron chi connectivity index (χ4n) is 2.43. The molecule has 2 atom stereocenters. The van der Waals surface area contributed by atoms with Crippen molar-refractivity contribution in [1.29, 1.82) is 0 Å². The van der Waals surface area contributed by atoms with Gasteiger partial charge in [0, 0.05) is 31.0 Å². The summed E-state index contributed by atoms with van der Waals surface area (Å²) in [7, 11) is 1.62. The molecule has 0 aliphatic carbocycles. The third kappa shape index (κ3) is 3.54. The average molecular weight is 357 g/mol. The number of carbonyl (C=O) groups is 2. The molecule has 2 rings (SSSR count). The molecule has 2 amide bonds. The van der Waals surface area contributed by atoms with Gasteiger partial charge in [-0.1, -0.05) is 34.1 Å². The summed E-state index contributed by atoms with van der Waals surface area (Å²) in [5.41, 5.74) is 0.931. The minimum absolute atomic E-state index is 0.0517. The zero-order chi connectivity index (χ0) is 15.6. The molecule has 6 nitrogen and oxygen atoms in total. The lowest BCUT2D eigenvalue weighted by Crippen LogP contribution is -2.46. The van der Waals surface area contributed by atoms with Crippen LogP contribution in [0.5, 0.6) is 0 Å². The van der Waals surface area contributed by atoms with E-state index in [4.69, 9.17) is 5.11 Å². The van der Waals surface area contributed by atoms with E-state index in [2.05, 4.69) is 15.9 Å². The summed E-state index contributed by atoms with van der Waals surface area (Å²) in [6.45, 7) is 0.412. The number of benzene rings is 1. The second-order valence-corrected chi connectivity index (χ2v) is 5.98. The zero-order valence-corrected chi connectivity index (χ0v) is 13.2. The van der Waals surface area contributed by atoms with E-state index in [1.807, 2.05) is 24.3 Å². The lowest BCUT2D eigenvalue weighted by atomic mass is 10.2. The Balaban J connectivity index is 2.08. The van der Waals surface area contributed by atoms with E-state index in [1.54, 1.807) is 7.05 Å². The van der Waals surface area contributed by atoms with Gasteiger partial charge < -0.3 is 20.0 Å². The molecule has 1 aliphatic heterocycles. The SMILES string of the molecule is CN(Cc1ccccc1Br)C(=O)N1C[C@H](O)C[C@@H]1C(=O)O. The van der Waals surface area contributed by atoms with Crippen molar-refractivity contribution in [2.24, 2.45) is 0 Å². The number of aliphatic hydroxyl groups excluding tert-OH is 1. The second-order valence-electron chi connectivity index (χ2n) is 5.13. The van der Waals surface area contributed by atoms with E-state index in [-0.39, 0.29) is 13.0 Å². The summed E-state index contributed by atoms with van der Waals surface area (Å²) in [6, 6.07) is 6.17. The van der Waals surface area contributed by atoms with Crippen molar-refractivity contribution in [3.8, 4) is 0 Å². The molecular formula is C14H17BrN2O4. The molecule has 21 heavy (non-hydrogen) atoms. The molecule has 0 unspecified atom stereocenters. The number of halogens is 1. The van der Waals surface area contributed by atoms with Gasteiger partial charge >= 0.3 is 12.0 Å². The van der Waals surface area contributed by atoms with Crippen LogP contribution < -0.4 is 0 Å². The van der Waals surface area contributed by atoms with Crippen LogP contribution in [-0.2, 0) is 11.3 Å². The van der Waals surface area contributed by atoms with Gasteiger partial charge in [-0.25, -0.2) is 9.59 Å². The predicted molar refractivity (Wildman–Crippen MR) is 79.8 cm³/mol. The molecule has 0 radical (unpaired) electrons.